The third kappa shape index (κ3) is 4.53. The molecule has 3 N–H and O–H groups in total. The van der Waals surface area contributed by atoms with Gasteiger partial charge in [0.25, 0.3) is 0 Å². The minimum Gasteiger partial charge on any atom is -0.461 e. The van der Waals surface area contributed by atoms with Crippen molar-refractivity contribution >= 4 is 54.7 Å². The van der Waals surface area contributed by atoms with Crippen LogP contribution in [0, 0.1) is 23.0 Å². The molecule has 8 rings (SSSR count). The number of fused-ring (bicyclic) bond motifs is 3. The Kier molecular flexibility index (Phi) is 6.84. The molecule has 4 aliphatic rings. The topological polar surface area (TPSA) is 103 Å². The van der Waals surface area contributed by atoms with Crippen molar-refractivity contribution in [2.24, 2.45) is 0 Å². The Morgan fingerprint density at radius 1 is 1.20 bits per heavy atom. The molecular weight excluding hydrogens is 623 g/mol. The number of benzene rings is 2. The van der Waals surface area contributed by atoms with Gasteiger partial charge in [-0.1, -0.05) is 17.7 Å². The van der Waals surface area contributed by atoms with Gasteiger partial charge in [-0.15, -0.1) is 11.3 Å². The Bertz CT molecular complexity index is 1910. The highest BCUT2D eigenvalue weighted by Gasteiger charge is 2.49. The van der Waals surface area contributed by atoms with Crippen molar-refractivity contribution in [3.8, 4) is 23.2 Å². The summed E-state index contributed by atoms with van der Waals surface area (Å²) in [4.78, 5) is 13.7. The van der Waals surface area contributed by atoms with Crippen LogP contribution in [0.3, 0.4) is 0 Å². The van der Waals surface area contributed by atoms with Gasteiger partial charge in [0.1, 0.15) is 41.0 Å². The van der Waals surface area contributed by atoms with Crippen LogP contribution in [-0.4, -0.2) is 71.4 Å². The molecule has 0 aliphatic carbocycles. The van der Waals surface area contributed by atoms with Crippen LogP contribution in [0.4, 0.5) is 24.0 Å². The number of nitrogen functional groups attached to an aromatic ring is 1. The van der Waals surface area contributed by atoms with E-state index in [4.69, 9.17) is 27.1 Å². The summed E-state index contributed by atoms with van der Waals surface area (Å²) >= 11 is 7.78. The van der Waals surface area contributed by atoms with Crippen LogP contribution >= 0.6 is 22.9 Å². The zero-order valence-electron chi connectivity index (χ0n) is 24.4. The number of hydrogen-bond donors (Lipinski definition) is 2. The van der Waals surface area contributed by atoms with E-state index in [1.54, 1.807) is 6.07 Å². The zero-order valence-corrected chi connectivity index (χ0v) is 26.0. The van der Waals surface area contributed by atoms with E-state index in [2.05, 4.69) is 20.1 Å². The largest absolute Gasteiger partial charge is 0.461 e. The van der Waals surface area contributed by atoms with Crippen molar-refractivity contribution in [1.29, 1.82) is 5.26 Å². The van der Waals surface area contributed by atoms with Gasteiger partial charge in [0.05, 0.1) is 20.8 Å². The highest BCUT2D eigenvalue weighted by molar-refractivity contribution is 7.23. The van der Waals surface area contributed by atoms with Gasteiger partial charge in [0, 0.05) is 47.9 Å². The number of hydrogen-bond acceptors (Lipinski definition) is 9. The molecule has 4 aromatic rings. The SMILES string of the molecule is N#Cc1c(N)sc2c(F)ccc(-c3c(Cl)cc4c(N5CCC6(CCCN6)C5)nc(OC[C@@]56CCCN5C[C@H](F)C6)nc4c3F)c12. The number of nitrogens with two attached hydrogens (primary N) is 1. The van der Waals surface area contributed by atoms with Gasteiger partial charge >= 0.3 is 6.01 Å². The molecule has 0 amide bonds. The van der Waals surface area contributed by atoms with Gasteiger partial charge in [0.15, 0.2) is 5.82 Å². The maximum absolute atomic E-state index is 16.9. The zero-order chi connectivity index (χ0) is 31.1. The number of anilines is 2. The molecule has 0 saturated carbocycles. The molecule has 0 radical (unpaired) electrons. The van der Waals surface area contributed by atoms with Gasteiger partial charge in [-0.3, -0.25) is 4.90 Å². The van der Waals surface area contributed by atoms with Crippen LogP contribution in [0.1, 0.15) is 44.1 Å². The number of thiophene rings is 1. The van der Waals surface area contributed by atoms with Crippen LogP contribution in [0.5, 0.6) is 6.01 Å². The molecule has 4 saturated heterocycles. The van der Waals surface area contributed by atoms with Gasteiger partial charge in [0.2, 0.25) is 0 Å². The van der Waals surface area contributed by atoms with Gasteiger partial charge < -0.3 is 20.7 Å². The summed E-state index contributed by atoms with van der Waals surface area (Å²) in [5, 5.41) is 14.3. The molecule has 13 heteroatoms. The first-order valence-electron chi connectivity index (χ1n) is 15.3. The second-order valence-electron chi connectivity index (χ2n) is 12.9. The minimum atomic E-state index is -0.916. The molecule has 4 aliphatic heterocycles. The summed E-state index contributed by atoms with van der Waals surface area (Å²) in [5.74, 6) is -0.771. The molecule has 2 aromatic heterocycles. The summed E-state index contributed by atoms with van der Waals surface area (Å²) in [6.45, 7) is 3.75. The molecule has 6 heterocycles. The minimum absolute atomic E-state index is 0.00415. The Hall–Kier alpha value is -3.37. The average Bonchev–Trinajstić information content (AvgIpc) is 3.84. The maximum Gasteiger partial charge on any atom is 0.319 e. The predicted octanol–water partition coefficient (Wildman–Crippen LogP) is 6.18. The molecule has 1 unspecified atom stereocenters. The number of nitriles is 1. The summed E-state index contributed by atoms with van der Waals surface area (Å²) in [7, 11) is 0. The van der Waals surface area contributed by atoms with E-state index in [9.17, 15) is 14.0 Å². The first kappa shape index (κ1) is 29.1. The van der Waals surface area contributed by atoms with E-state index in [0.29, 0.717) is 37.3 Å². The first-order valence-corrected chi connectivity index (χ1v) is 16.5. The Balaban J connectivity index is 1.28. The Labute approximate surface area is 266 Å². The molecule has 8 nitrogen and oxygen atoms in total. The van der Waals surface area contributed by atoms with Crippen LogP contribution < -0.4 is 20.7 Å². The van der Waals surface area contributed by atoms with Crippen LogP contribution in [0.25, 0.3) is 32.1 Å². The van der Waals surface area contributed by atoms with Crippen molar-refractivity contribution in [2.45, 2.75) is 55.8 Å². The van der Waals surface area contributed by atoms with Crippen molar-refractivity contribution in [1.82, 2.24) is 20.2 Å². The number of nitrogens with zero attached hydrogens (tertiary/aromatic N) is 5. The lowest BCUT2D eigenvalue weighted by Gasteiger charge is -2.31. The van der Waals surface area contributed by atoms with Crippen LogP contribution in [0.2, 0.25) is 5.02 Å². The molecular formula is C32H31ClF3N7OS. The van der Waals surface area contributed by atoms with Crippen LogP contribution in [-0.2, 0) is 0 Å². The standard InChI is InChI=1S/C32H31ClF3N7OS/c33-21-11-19-26(25(36)24(21)18-3-4-22(35)27-23(18)20(13-37)28(38)45-27)40-30(44-16-32-6-2-9-43(32)14-17(34)12-32)41-29(19)42-10-7-31(15-42)5-1-8-39-31/h3-4,11,17,39H,1-2,5-10,12,14-16,38H2/t17-,31?,32+/m1/s1. The monoisotopic (exact) mass is 653 g/mol. The molecule has 45 heavy (non-hydrogen) atoms. The lowest BCUT2D eigenvalue weighted by Crippen LogP contribution is -2.43. The summed E-state index contributed by atoms with van der Waals surface area (Å²) in [5.41, 5.74) is 5.92. The second-order valence-corrected chi connectivity index (χ2v) is 14.3. The van der Waals surface area contributed by atoms with E-state index in [0.717, 1.165) is 56.5 Å². The second kappa shape index (κ2) is 10.6. The molecule has 0 bridgehead atoms. The summed E-state index contributed by atoms with van der Waals surface area (Å²) < 4.78 is 52.6. The van der Waals surface area contributed by atoms with E-state index < -0.39 is 23.3 Å². The van der Waals surface area contributed by atoms with Crippen molar-refractivity contribution in [3.05, 3.63) is 40.4 Å². The Morgan fingerprint density at radius 3 is 2.87 bits per heavy atom. The number of aromatic nitrogens is 2. The van der Waals surface area contributed by atoms with Gasteiger partial charge in [-0.25, -0.2) is 13.2 Å². The quantitative estimate of drug-likeness (QED) is 0.263. The molecule has 1 spiro atoms. The number of nitrogens with one attached hydrogen (secondary N) is 1. The van der Waals surface area contributed by atoms with Gasteiger partial charge in [-0.05, 0) is 62.9 Å². The van der Waals surface area contributed by atoms with Crippen LogP contribution in [0.15, 0.2) is 18.2 Å². The molecule has 4 fully saturated rings. The van der Waals surface area contributed by atoms with E-state index in [-0.39, 0.29) is 60.5 Å². The van der Waals surface area contributed by atoms with E-state index >= 15 is 4.39 Å². The third-order valence-corrected chi connectivity index (χ3v) is 11.6. The number of rotatable bonds is 5. The molecule has 2 aromatic carbocycles. The lowest BCUT2D eigenvalue weighted by molar-refractivity contribution is 0.107. The number of halogens is 4. The fourth-order valence-corrected chi connectivity index (χ4v) is 9.38. The smallest absolute Gasteiger partial charge is 0.319 e. The van der Waals surface area contributed by atoms with E-state index in [1.165, 1.54) is 12.1 Å². The summed E-state index contributed by atoms with van der Waals surface area (Å²) in [6.07, 6.45) is 4.30. The lowest BCUT2D eigenvalue weighted by atomic mass is 9.95. The normalized spacial score (nSPS) is 26.5. The van der Waals surface area contributed by atoms with E-state index in [1.807, 2.05) is 6.07 Å². The summed E-state index contributed by atoms with van der Waals surface area (Å²) in [6, 6.07) is 6.32. The fraction of sp³-hybridized carbons (Fsp3) is 0.469. The molecule has 3 atom stereocenters. The highest BCUT2D eigenvalue weighted by atomic mass is 35.5. The first-order chi connectivity index (χ1) is 21.7. The van der Waals surface area contributed by atoms with Crippen molar-refractivity contribution < 1.29 is 17.9 Å². The third-order valence-electron chi connectivity index (χ3n) is 10.3. The maximum atomic E-state index is 16.9. The van der Waals surface area contributed by atoms with Crippen molar-refractivity contribution in [3.63, 3.8) is 0 Å². The fourth-order valence-electron chi connectivity index (χ4n) is 8.14. The highest BCUT2D eigenvalue weighted by Crippen LogP contribution is 2.47. The molecule has 234 valence electrons. The Morgan fingerprint density at radius 2 is 2.07 bits per heavy atom. The average molecular weight is 654 g/mol. The van der Waals surface area contributed by atoms with Crippen molar-refractivity contribution in [2.75, 3.05) is 50.0 Å². The number of ether oxygens (including phenoxy) is 1. The predicted molar refractivity (Wildman–Crippen MR) is 170 cm³/mol. The number of alkyl halides is 1. The van der Waals surface area contributed by atoms with Gasteiger partial charge in [-0.2, -0.15) is 15.2 Å².